The minimum atomic E-state index is 0.150. The SMILES string of the molecule is Cc1ccc(CN(C)C(=O)CN(C)C(CN)C2CC2)cc1. The van der Waals surface area contributed by atoms with E-state index in [0.29, 0.717) is 31.6 Å². The fraction of sp³-hybridized carbons (Fsp3) is 0.588. The molecule has 0 saturated heterocycles. The summed E-state index contributed by atoms with van der Waals surface area (Å²) in [7, 11) is 3.87. The molecule has 1 atom stereocenters. The average Bonchev–Trinajstić information content (AvgIpc) is 3.26. The average molecular weight is 289 g/mol. The van der Waals surface area contributed by atoms with E-state index in [2.05, 4.69) is 36.1 Å². The number of aryl methyl sites for hydroxylation is 1. The first-order chi connectivity index (χ1) is 10.0. The highest BCUT2D eigenvalue weighted by Crippen LogP contribution is 2.34. The first-order valence-electron chi connectivity index (χ1n) is 7.71. The lowest BCUT2D eigenvalue weighted by Crippen LogP contribution is -2.45. The van der Waals surface area contributed by atoms with Crippen LogP contribution in [0.3, 0.4) is 0 Å². The highest BCUT2D eigenvalue weighted by molar-refractivity contribution is 5.78. The molecule has 1 saturated carbocycles. The van der Waals surface area contributed by atoms with Crippen LogP contribution < -0.4 is 5.73 Å². The molecule has 4 nitrogen and oxygen atoms in total. The van der Waals surface area contributed by atoms with Gasteiger partial charge in [0.1, 0.15) is 0 Å². The summed E-state index contributed by atoms with van der Waals surface area (Å²) in [5.74, 6) is 0.840. The second-order valence-electron chi connectivity index (χ2n) is 6.29. The van der Waals surface area contributed by atoms with Gasteiger partial charge in [-0.25, -0.2) is 0 Å². The van der Waals surface area contributed by atoms with Crippen LogP contribution in [0.5, 0.6) is 0 Å². The van der Waals surface area contributed by atoms with E-state index in [9.17, 15) is 4.79 Å². The van der Waals surface area contributed by atoms with E-state index in [4.69, 9.17) is 5.73 Å². The molecular formula is C17H27N3O. The maximum atomic E-state index is 12.3. The molecule has 4 heteroatoms. The van der Waals surface area contributed by atoms with Gasteiger partial charge in [0.25, 0.3) is 0 Å². The number of hydrogen-bond donors (Lipinski definition) is 1. The number of likely N-dealkylation sites (N-methyl/N-ethyl adjacent to an activating group) is 2. The van der Waals surface area contributed by atoms with E-state index < -0.39 is 0 Å². The number of carbonyl (C=O) groups is 1. The van der Waals surface area contributed by atoms with Crippen LogP contribution in [0.15, 0.2) is 24.3 Å². The molecule has 2 rings (SSSR count). The number of hydrogen-bond acceptors (Lipinski definition) is 3. The van der Waals surface area contributed by atoms with Gasteiger partial charge in [-0.1, -0.05) is 29.8 Å². The van der Waals surface area contributed by atoms with Gasteiger partial charge >= 0.3 is 0 Å². The van der Waals surface area contributed by atoms with Gasteiger partial charge in [-0.05, 0) is 38.3 Å². The predicted octanol–water partition coefficient (Wildman–Crippen LogP) is 1.62. The van der Waals surface area contributed by atoms with Crippen LogP contribution in [0.4, 0.5) is 0 Å². The van der Waals surface area contributed by atoms with Gasteiger partial charge in [-0.2, -0.15) is 0 Å². The zero-order valence-corrected chi connectivity index (χ0v) is 13.4. The standard InChI is InChI=1S/C17H27N3O/c1-13-4-6-14(7-5-13)11-20(3)17(21)12-19(2)16(10-18)15-8-9-15/h4-7,15-16H,8-12,18H2,1-3H3. The van der Waals surface area contributed by atoms with E-state index in [-0.39, 0.29) is 5.91 Å². The van der Waals surface area contributed by atoms with Crippen molar-refractivity contribution in [2.45, 2.75) is 32.4 Å². The molecule has 2 N–H and O–H groups in total. The van der Waals surface area contributed by atoms with Gasteiger partial charge in [-0.15, -0.1) is 0 Å². The molecule has 1 aliphatic carbocycles. The van der Waals surface area contributed by atoms with Gasteiger partial charge in [0.2, 0.25) is 5.91 Å². The summed E-state index contributed by atoms with van der Waals surface area (Å²) in [4.78, 5) is 16.2. The number of carbonyl (C=O) groups excluding carboxylic acids is 1. The summed E-state index contributed by atoms with van der Waals surface area (Å²) in [5, 5.41) is 0. The van der Waals surface area contributed by atoms with Crippen molar-refractivity contribution in [1.82, 2.24) is 9.80 Å². The minimum absolute atomic E-state index is 0.150. The molecule has 1 aromatic carbocycles. The van der Waals surface area contributed by atoms with E-state index in [1.54, 1.807) is 4.90 Å². The Kier molecular flexibility index (Phi) is 5.37. The topological polar surface area (TPSA) is 49.6 Å². The van der Waals surface area contributed by atoms with E-state index >= 15 is 0 Å². The van der Waals surface area contributed by atoms with Gasteiger partial charge in [0.05, 0.1) is 6.54 Å². The zero-order valence-electron chi connectivity index (χ0n) is 13.4. The van der Waals surface area contributed by atoms with Crippen LogP contribution in [0.25, 0.3) is 0 Å². The maximum Gasteiger partial charge on any atom is 0.236 e. The fourth-order valence-corrected chi connectivity index (χ4v) is 2.72. The molecule has 0 aromatic heterocycles. The number of nitrogens with two attached hydrogens (primary N) is 1. The summed E-state index contributed by atoms with van der Waals surface area (Å²) < 4.78 is 0. The Balaban J connectivity index is 1.85. The van der Waals surface area contributed by atoms with Crippen LogP contribution in [0, 0.1) is 12.8 Å². The van der Waals surface area contributed by atoms with Crippen molar-refractivity contribution >= 4 is 5.91 Å². The molecule has 1 aliphatic rings. The molecule has 0 spiro atoms. The molecule has 0 aliphatic heterocycles. The van der Waals surface area contributed by atoms with Crippen molar-refractivity contribution in [2.75, 3.05) is 27.2 Å². The molecule has 1 aromatic rings. The minimum Gasteiger partial charge on any atom is -0.340 e. The van der Waals surface area contributed by atoms with Gasteiger partial charge in [0.15, 0.2) is 0 Å². The monoisotopic (exact) mass is 289 g/mol. The van der Waals surface area contributed by atoms with E-state index in [0.717, 1.165) is 5.56 Å². The van der Waals surface area contributed by atoms with Crippen molar-refractivity contribution in [3.63, 3.8) is 0 Å². The molecule has 116 valence electrons. The first kappa shape index (κ1) is 16.0. The van der Waals surface area contributed by atoms with Crippen LogP contribution >= 0.6 is 0 Å². The van der Waals surface area contributed by atoms with Crippen LogP contribution in [-0.2, 0) is 11.3 Å². The third-order valence-corrected chi connectivity index (χ3v) is 4.32. The van der Waals surface area contributed by atoms with Crippen molar-refractivity contribution in [2.24, 2.45) is 11.7 Å². The highest BCUT2D eigenvalue weighted by Gasteiger charge is 2.33. The van der Waals surface area contributed by atoms with E-state index in [1.807, 2.05) is 14.1 Å². The Morgan fingerprint density at radius 3 is 2.43 bits per heavy atom. The number of benzene rings is 1. The summed E-state index contributed by atoms with van der Waals surface area (Å²) in [6.07, 6.45) is 2.50. The quantitative estimate of drug-likeness (QED) is 0.830. The van der Waals surface area contributed by atoms with Crippen LogP contribution in [0.2, 0.25) is 0 Å². The Bertz CT molecular complexity index is 467. The highest BCUT2D eigenvalue weighted by atomic mass is 16.2. The lowest BCUT2D eigenvalue weighted by atomic mass is 10.1. The summed E-state index contributed by atoms with van der Waals surface area (Å²) in [5.41, 5.74) is 8.24. The fourth-order valence-electron chi connectivity index (χ4n) is 2.72. The Morgan fingerprint density at radius 2 is 1.90 bits per heavy atom. The summed E-state index contributed by atoms with van der Waals surface area (Å²) in [6.45, 7) is 3.80. The second-order valence-corrected chi connectivity index (χ2v) is 6.29. The van der Waals surface area contributed by atoms with E-state index in [1.165, 1.54) is 18.4 Å². The number of rotatable bonds is 7. The molecule has 21 heavy (non-hydrogen) atoms. The van der Waals surface area contributed by atoms with Crippen molar-refractivity contribution < 1.29 is 4.79 Å². The Hall–Kier alpha value is -1.39. The lowest BCUT2D eigenvalue weighted by molar-refractivity contribution is -0.131. The molecule has 0 radical (unpaired) electrons. The van der Waals surface area contributed by atoms with Gasteiger partial charge in [-0.3, -0.25) is 9.69 Å². The maximum absolute atomic E-state index is 12.3. The van der Waals surface area contributed by atoms with Crippen molar-refractivity contribution in [3.05, 3.63) is 35.4 Å². The largest absolute Gasteiger partial charge is 0.340 e. The number of nitrogens with zero attached hydrogens (tertiary/aromatic N) is 2. The Morgan fingerprint density at radius 1 is 1.29 bits per heavy atom. The van der Waals surface area contributed by atoms with Crippen LogP contribution in [0.1, 0.15) is 24.0 Å². The van der Waals surface area contributed by atoms with Gasteiger partial charge in [0, 0.05) is 26.2 Å². The second kappa shape index (κ2) is 7.05. The zero-order chi connectivity index (χ0) is 15.4. The third kappa shape index (κ3) is 4.55. The third-order valence-electron chi connectivity index (χ3n) is 4.32. The predicted molar refractivity (Wildman–Crippen MR) is 85.8 cm³/mol. The smallest absolute Gasteiger partial charge is 0.236 e. The molecule has 1 amide bonds. The van der Waals surface area contributed by atoms with Crippen molar-refractivity contribution in [1.29, 1.82) is 0 Å². The molecule has 1 fully saturated rings. The number of amides is 1. The van der Waals surface area contributed by atoms with Crippen molar-refractivity contribution in [3.8, 4) is 0 Å². The Labute approximate surface area is 127 Å². The molecular weight excluding hydrogens is 262 g/mol. The molecule has 0 bridgehead atoms. The van der Waals surface area contributed by atoms with Crippen LogP contribution in [-0.4, -0.2) is 48.9 Å². The lowest BCUT2D eigenvalue weighted by Gasteiger charge is -2.28. The van der Waals surface area contributed by atoms with Gasteiger partial charge < -0.3 is 10.6 Å². The molecule has 0 heterocycles. The first-order valence-corrected chi connectivity index (χ1v) is 7.71. The molecule has 1 unspecified atom stereocenters. The summed E-state index contributed by atoms with van der Waals surface area (Å²) in [6, 6.07) is 8.67. The summed E-state index contributed by atoms with van der Waals surface area (Å²) >= 11 is 0. The normalized spacial score (nSPS) is 16.0.